The molecular weight excluding hydrogens is 486 g/mol. The van der Waals surface area contributed by atoms with Gasteiger partial charge in [-0.05, 0) is 12.0 Å². The van der Waals surface area contributed by atoms with Gasteiger partial charge in [0.1, 0.15) is 10.6 Å². The van der Waals surface area contributed by atoms with E-state index in [1.807, 2.05) is 34.8 Å². The second kappa shape index (κ2) is 10.0. The first-order valence-corrected chi connectivity index (χ1v) is 13.1. The van der Waals surface area contributed by atoms with Gasteiger partial charge in [0.15, 0.2) is 11.6 Å². The molecule has 1 atom stereocenters. The normalized spacial score (nSPS) is 15.8. The summed E-state index contributed by atoms with van der Waals surface area (Å²) in [7, 11) is 5.45. The van der Waals surface area contributed by atoms with Crippen molar-refractivity contribution in [3.05, 3.63) is 55.1 Å². The van der Waals surface area contributed by atoms with E-state index in [0.717, 1.165) is 62.9 Å². The maximum absolute atomic E-state index is 5.70. The highest BCUT2D eigenvalue weighted by molar-refractivity contribution is 7.22. The summed E-state index contributed by atoms with van der Waals surface area (Å²) in [5.41, 5.74) is 3.32. The van der Waals surface area contributed by atoms with Crippen molar-refractivity contribution in [1.82, 2.24) is 29.3 Å². The molecule has 0 spiro atoms. The Hall–Kier alpha value is -3.60. The lowest BCUT2D eigenvalue weighted by Crippen LogP contribution is -2.23. The molecule has 5 heterocycles. The highest BCUT2D eigenvalue weighted by atomic mass is 32.1. The van der Waals surface area contributed by atoms with Crippen LogP contribution in [0, 0.1) is 0 Å². The maximum atomic E-state index is 5.70. The van der Waals surface area contributed by atoms with Gasteiger partial charge < -0.3 is 18.9 Å². The number of nitrogens with zero attached hydrogens (tertiary/aromatic N) is 7. The van der Waals surface area contributed by atoms with Crippen LogP contribution in [0.4, 0.5) is 5.82 Å². The molecule has 190 valence electrons. The van der Waals surface area contributed by atoms with Crippen LogP contribution in [-0.4, -0.2) is 69.3 Å². The Morgan fingerprint density at radius 3 is 2.70 bits per heavy atom. The highest BCUT2D eigenvalue weighted by Gasteiger charge is 2.30. The number of benzene rings is 1. The number of rotatable bonds is 8. The SMILES string of the molecule is COCCn1cc(-c2sc3nc(-c4nccn4C)nc(N4CCC(OC)C4)c3c2-c2ccccc2)cn1. The first-order chi connectivity index (χ1) is 18.2. The second-order valence-electron chi connectivity index (χ2n) is 9.16. The number of aromatic nitrogens is 6. The van der Waals surface area contributed by atoms with Crippen molar-refractivity contribution in [3.8, 4) is 33.2 Å². The molecule has 1 aliphatic rings. The summed E-state index contributed by atoms with van der Waals surface area (Å²) in [6, 6.07) is 10.5. The molecule has 1 fully saturated rings. The van der Waals surface area contributed by atoms with Gasteiger partial charge >= 0.3 is 0 Å². The van der Waals surface area contributed by atoms with Gasteiger partial charge in [0.2, 0.25) is 0 Å². The van der Waals surface area contributed by atoms with E-state index >= 15 is 0 Å². The quantitative estimate of drug-likeness (QED) is 0.301. The molecule has 6 rings (SSSR count). The fourth-order valence-corrected chi connectivity index (χ4v) is 6.04. The third-order valence-electron chi connectivity index (χ3n) is 6.81. The predicted octanol–water partition coefficient (Wildman–Crippen LogP) is 4.49. The van der Waals surface area contributed by atoms with Crippen molar-refractivity contribution in [2.75, 3.05) is 38.8 Å². The number of thiophene rings is 1. The number of fused-ring (bicyclic) bond motifs is 1. The summed E-state index contributed by atoms with van der Waals surface area (Å²) in [6.07, 6.45) is 8.85. The lowest BCUT2D eigenvalue weighted by atomic mass is 10.0. The fraction of sp³-hybridized carbons (Fsp3) is 0.333. The Kier molecular flexibility index (Phi) is 6.45. The van der Waals surface area contributed by atoms with E-state index in [4.69, 9.17) is 19.4 Å². The average molecular weight is 516 g/mol. The zero-order chi connectivity index (χ0) is 25.4. The van der Waals surface area contributed by atoms with E-state index < -0.39 is 0 Å². The molecule has 0 radical (unpaired) electrons. The number of anilines is 1. The van der Waals surface area contributed by atoms with E-state index in [1.165, 1.54) is 0 Å². The number of hydrogen-bond acceptors (Lipinski definition) is 8. The topological polar surface area (TPSA) is 83.1 Å². The molecule has 4 aromatic heterocycles. The van der Waals surface area contributed by atoms with Gasteiger partial charge in [0.25, 0.3) is 0 Å². The monoisotopic (exact) mass is 515 g/mol. The number of hydrogen-bond donors (Lipinski definition) is 0. The van der Waals surface area contributed by atoms with Gasteiger partial charge in [-0.2, -0.15) is 5.10 Å². The largest absolute Gasteiger partial charge is 0.383 e. The summed E-state index contributed by atoms with van der Waals surface area (Å²) in [6.45, 7) is 2.97. The molecule has 0 bridgehead atoms. The number of aryl methyl sites for hydroxylation is 1. The van der Waals surface area contributed by atoms with E-state index in [0.29, 0.717) is 19.0 Å². The Labute approximate surface area is 219 Å². The summed E-state index contributed by atoms with van der Waals surface area (Å²) in [5.74, 6) is 2.30. The molecule has 9 nitrogen and oxygen atoms in total. The number of ether oxygens (including phenoxy) is 2. The first-order valence-electron chi connectivity index (χ1n) is 12.3. The van der Waals surface area contributed by atoms with Gasteiger partial charge in [-0.3, -0.25) is 4.68 Å². The molecule has 1 unspecified atom stereocenters. The summed E-state index contributed by atoms with van der Waals surface area (Å²) in [5, 5.41) is 5.65. The minimum Gasteiger partial charge on any atom is -0.383 e. The van der Waals surface area contributed by atoms with Crippen molar-refractivity contribution in [1.29, 1.82) is 0 Å². The molecular formula is C27H29N7O2S. The average Bonchev–Trinajstić information content (AvgIpc) is 3.73. The van der Waals surface area contributed by atoms with Crippen molar-refractivity contribution < 1.29 is 9.47 Å². The van der Waals surface area contributed by atoms with E-state index in [1.54, 1.807) is 31.8 Å². The zero-order valence-electron chi connectivity index (χ0n) is 21.2. The van der Waals surface area contributed by atoms with E-state index in [-0.39, 0.29) is 6.10 Å². The standard InChI is InChI=1S/C27H29N7O2S/c1-32-12-10-28-26(32)24-30-25(33-11-9-20(17-33)36-3)22-21(18-7-5-4-6-8-18)23(37-27(22)31-24)19-15-29-34(16-19)13-14-35-2/h4-8,10,12,15-16,20H,9,11,13-14,17H2,1-3H3. The smallest absolute Gasteiger partial charge is 0.199 e. The maximum Gasteiger partial charge on any atom is 0.199 e. The van der Waals surface area contributed by atoms with Gasteiger partial charge in [-0.1, -0.05) is 30.3 Å². The minimum atomic E-state index is 0.180. The molecule has 37 heavy (non-hydrogen) atoms. The lowest BCUT2D eigenvalue weighted by Gasteiger charge is -2.20. The molecule has 1 saturated heterocycles. The minimum absolute atomic E-state index is 0.180. The molecule has 1 aliphatic heterocycles. The Morgan fingerprint density at radius 2 is 1.97 bits per heavy atom. The van der Waals surface area contributed by atoms with Crippen LogP contribution >= 0.6 is 11.3 Å². The van der Waals surface area contributed by atoms with Crippen LogP contribution in [0.25, 0.3) is 43.4 Å². The Morgan fingerprint density at radius 1 is 1.11 bits per heavy atom. The van der Waals surface area contributed by atoms with Gasteiger partial charge in [0, 0.05) is 69.0 Å². The first kappa shape index (κ1) is 23.8. The third kappa shape index (κ3) is 4.41. The third-order valence-corrected chi connectivity index (χ3v) is 7.95. The molecule has 0 saturated carbocycles. The van der Waals surface area contributed by atoms with E-state index in [9.17, 15) is 0 Å². The number of methoxy groups -OCH3 is 2. The summed E-state index contributed by atoms with van der Waals surface area (Å²) in [4.78, 5) is 19.1. The molecule has 1 aromatic carbocycles. The summed E-state index contributed by atoms with van der Waals surface area (Å²) < 4.78 is 14.8. The van der Waals surface area contributed by atoms with Crippen LogP contribution in [0.15, 0.2) is 55.1 Å². The fourth-order valence-electron chi connectivity index (χ4n) is 4.88. The molecule has 0 N–H and O–H groups in total. The second-order valence-corrected chi connectivity index (χ2v) is 10.2. The highest BCUT2D eigenvalue weighted by Crippen LogP contribution is 2.48. The van der Waals surface area contributed by atoms with Gasteiger partial charge in [-0.25, -0.2) is 15.0 Å². The van der Waals surface area contributed by atoms with Crippen molar-refractivity contribution in [2.24, 2.45) is 7.05 Å². The Bertz CT molecular complexity index is 1520. The number of imidazole rings is 1. The van der Waals surface area contributed by atoms with Gasteiger partial charge in [0.05, 0.1) is 30.8 Å². The summed E-state index contributed by atoms with van der Waals surface area (Å²) >= 11 is 1.68. The molecule has 0 amide bonds. The van der Waals surface area contributed by atoms with E-state index in [2.05, 4.69) is 45.4 Å². The zero-order valence-corrected chi connectivity index (χ0v) is 22.0. The van der Waals surface area contributed by atoms with Crippen LogP contribution < -0.4 is 4.90 Å². The van der Waals surface area contributed by atoms with Crippen LogP contribution in [0.3, 0.4) is 0 Å². The predicted molar refractivity (Wildman–Crippen MR) is 146 cm³/mol. The van der Waals surface area contributed by atoms with Crippen molar-refractivity contribution in [3.63, 3.8) is 0 Å². The van der Waals surface area contributed by atoms with Crippen LogP contribution in [-0.2, 0) is 23.1 Å². The van der Waals surface area contributed by atoms with Crippen LogP contribution in [0.1, 0.15) is 6.42 Å². The van der Waals surface area contributed by atoms with Gasteiger partial charge in [-0.15, -0.1) is 11.3 Å². The van der Waals surface area contributed by atoms with Crippen LogP contribution in [0.5, 0.6) is 0 Å². The van der Waals surface area contributed by atoms with Crippen molar-refractivity contribution >= 4 is 27.4 Å². The molecule has 5 aromatic rings. The van der Waals surface area contributed by atoms with Crippen molar-refractivity contribution in [2.45, 2.75) is 19.1 Å². The molecule has 0 aliphatic carbocycles. The molecule has 10 heteroatoms. The Balaban J connectivity index is 1.60. The lowest BCUT2D eigenvalue weighted by molar-refractivity contribution is 0.121. The van der Waals surface area contributed by atoms with Crippen LogP contribution in [0.2, 0.25) is 0 Å².